The summed E-state index contributed by atoms with van der Waals surface area (Å²) in [6.07, 6.45) is -2.15. The first kappa shape index (κ1) is 17.1. The van der Waals surface area contributed by atoms with Crippen molar-refractivity contribution in [2.75, 3.05) is 6.61 Å². The Morgan fingerprint density at radius 1 is 1.17 bits per heavy atom. The van der Waals surface area contributed by atoms with Crippen molar-refractivity contribution < 1.29 is 24.5 Å². The number of hydrogen-bond donors (Lipinski definition) is 2. The fraction of sp³-hybridized carbons (Fsp3) is 0.833. The van der Waals surface area contributed by atoms with Crippen LogP contribution in [0.25, 0.3) is 0 Å². The first-order valence-electron chi connectivity index (χ1n) is 6.47. The smallest absolute Gasteiger partial charge is 0.335 e. The number of ether oxygens (including phenoxy) is 1. The highest BCUT2D eigenvalue weighted by atomic mass is 28.3. The van der Waals surface area contributed by atoms with Crippen LogP contribution in [0.15, 0.2) is 0 Å². The van der Waals surface area contributed by atoms with Crippen LogP contribution < -0.4 is 0 Å². The monoisotopic (exact) mass is 276 g/mol. The van der Waals surface area contributed by atoms with E-state index < -0.39 is 32.5 Å². The van der Waals surface area contributed by atoms with Gasteiger partial charge in [0.15, 0.2) is 6.10 Å². The van der Waals surface area contributed by atoms with Crippen molar-refractivity contribution in [3.05, 3.63) is 0 Å². The third-order valence-electron chi connectivity index (χ3n) is 3.77. The molecule has 5 nitrogen and oxygen atoms in total. The summed E-state index contributed by atoms with van der Waals surface area (Å²) in [6.45, 7) is 6.79. The molecule has 0 aliphatic carbocycles. The SMILES string of the molecule is CC[Si](CC)(CC)CCOC(=O)C(O)CC(=O)O. The number of carbonyl (C=O) groups is 2. The molecule has 1 atom stereocenters. The Kier molecular flexibility index (Phi) is 7.85. The molecule has 0 radical (unpaired) electrons. The van der Waals surface area contributed by atoms with E-state index in [2.05, 4.69) is 20.8 Å². The summed E-state index contributed by atoms with van der Waals surface area (Å²) in [5.74, 6) is -2.04. The zero-order chi connectivity index (χ0) is 14.2. The van der Waals surface area contributed by atoms with E-state index in [9.17, 15) is 14.7 Å². The van der Waals surface area contributed by atoms with Crippen molar-refractivity contribution in [2.24, 2.45) is 0 Å². The molecule has 0 aliphatic heterocycles. The first-order valence-corrected chi connectivity index (χ1v) is 9.30. The van der Waals surface area contributed by atoms with Gasteiger partial charge in [-0.05, 0) is 6.04 Å². The van der Waals surface area contributed by atoms with Crippen LogP contribution in [-0.4, -0.2) is 42.9 Å². The van der Waals surface area contributed by atoms with E-state index in [1.165, 1.54) is 0 Å². The summed E-state index contributed by atoms with van der Waals surface area (Å²) < 4.78 is 4.95. The van der Waals surface area contributed by atoms with E-state index in [-0.39, 0.29) is 6.61 Å². The van der Waals surface area contributed by atoms with Crippen molar-refractivity contribution in [1.82, 2.24) is 0 Å². The molecule has 0 aliphatic rings. The van der Waals surface area contributed by atoms with Gasteiger partial charge in [-0.15, -0.1) is 0 Å². The zero-order valence-electron chi connectivity index (χ0n) is 11.4. The highest BCUT2D eigenvalue weighted by Crippen LogP contribution is 2.24. The molecule has 106 valence electrons. The fourth-order valence-electron chi connectivity index (χ4n) is 1.99. The van der Waals surface area contributed by atoms with E-state index in [1.54, 1.807) is 0 Å². The largest absolute Gasteiger partial charge is 0.481 e. The van der Waals surface area contributed by atoms with Crippen molar-refractivity contribution in [3.8, 4) is 0 Å². The number of aliphatic hydroxyl groups is 1. The molecule has 0 bridgehead atoms. The molecule has 1 unspecified atom stereocenters. The molecule has 0 rings (SSSR count). The number of rotatable bonds is 9. The molecule has 0 aromatic carbocycles. The Hall–Kier alpha value is -0.883. The highest BCUT2D eigenvalue weighted by molar-refractivity contribution is 6.79. The van der Waals surface area contributed by atoms with Crippen molar-refractivity contribution in [2.45, 2.75) is 57.5 Å². The van der Waals surface area contributed by atoms with Gasteiger partial charge in [-0.1, -0.05) is 38.9 Å². The van der Waals surface area contributed by atoms with Crippen LogP contribution >= 0.6 is 0 Å². The summed E-state index contributed by atoms with van der Waals surface area (Å²) in [7, 11) is -1.33. The lowest BCUT2D eigenvalue weighted by molar-refractivity contribution is -0.157. The maximum atomic E-state index is 11.3. The molecule has 0 saturated heterocycles. The van der Waals surface area contributed by atoms with Gasteiger partial charge in [-0.25, -0.2) is 4.79 Å². The molecule has 0 aromatic rings. The second-order valence-electron chi connectivity index (χ2n) is 4.59. The highest BCUT2D eigenvalue weighted by Gasteiger charge is 2.27. The second kappa shape index (κ2) is 8.26. The predicted molar refractivity (Wildman–Crippen MR) is 71.2 cm³/mol. The standard InChI is InChI=1S/C12H24O5Si/c1-4-18(5-2,6-3)8-7-17-12(16)10(13)9-11(14)15/h10,13H,4-9H2,1-3H3,(H,14,15). The Bertz CT molecular complexity index is 267. The van der Waals surface area contributed by atoms with Crippen molar-refractivity contribution >= 4 is 20.0 Å². The van der Waals surface area contributed by atoms with Gasteiger partial charge in [0.05, 0.1) is 21.1 Å². The lowest BCUT2D eigenvalue weighted by Gasteiger charge is -2.27. The minimum absolute atomic E-state index is 0.289. The second-order valence-corrected chi connectivity index (χ2v) is 10.2. The van der Waals surface area contributed by atoms with Crippen LogP contribution in [-0.2, 0) is 14.3 Å². The minimum Gasteiger partial charge on any atom is -0.481 e. The number of carboxylic acids is 1. The molecular weight excluding hydrogens is 252 g/mol. The molecule has 0 spiro atoms. The lowest BCUT2D eigenvalue weighted by atomic mass is 10.2. The lowest BCUT2D eigenvalue weighted by Crippen LogP contribution is -2.34. The number of aliphatic carboxylic acids is 1. The minimum atomic E-state index is -1.55. The Morgan fingerprint density at radius 3 is 2.06 bits per heavy atom. The quantitative estimate of drug-likeness (QED) is 0.496. The number of hydrogen-bond acceptors (Lipinski definition) is 4. The van der Waals surface area contributed by atoms with Gasteiger partial charge in [0, 0.05) is 0 Å². The molecule has 0 aromatic heterocycles. The normalized spacial score (nSPS) is 13.1. The van der Waals surface area contributed by atoms with Crippen molar-refractivity contribution in [1.29, 1.82) is 0 Å². The molecule has 6 heteroatoms. The van der Waals surface area contributed by atoms with Crippen LogP contribution in [0.3, 0.4) is 0 Å². The molecule has 18 heavy (non-hydrogen) atoms. The fourth-order valence-corrected chi connectivity index (χ4v) is 5.09. The van der Waals surface area contributed by atoms with E-state index in [1.807, 2.05) is 0 Å². The Morgan fingerprint density at radius 2 is 1.67 bits per heavy atom. The van der Waals surface area contributed by atoms with Gasteiger partial charge in [0.2, 0.25) is 0 Å². The van der Waals surface area contributed by atoms with E-state index in [0.29, 0.717) is 0 Å². The number of aliphatic hydroxyl groups excluding tert-OH is 1. The van der Waals surface area contributed by atoms with Gasteiger partial charge in [-0.2, -0.15) is 0 Å². The van der Waals surface area contributed by atoms with Gasteiger partial charge in [0.25, 0.3) is 0 Å². The molecule has 0 heterocycles. The Balaban J connectivity index is 4.10. The van der Waals surface area contributed by atoms with Gasteiger partial charge in [-0.3, -0.25) is 4.79 Å². The topological polar surface area (TPSA) is 83.8 Å². The van der Waals surface area contributed by atoms with E-state index in [4.69, 9.17) is 9.84 Å². The Labute approximate surface area is 109 Å². The average Bonchev–Trinajstić information content (AvgIpc) is 2.34. The van der Waals surface area contributed by atoms with Gasteiger partial charge in [0.1, 0.15) is 0 Å². The van der Waals surface area contributed by atoms with Crippen LogP contribution in [0.2, 0.25) is 24.2 Å². The van der Waals surface area contributed by atoms with Crippen LogP contribution in [0.5, 0.6) is 0 Å². The summed E-state index contributed by atoms with van der Waals surface area (Å²) in [6, 6.07) is 4.32. The molecule has 0 saturated carbocycles. The van der Waals surface area contributed by atoms with Crippen LogP contribution in [0.1, 0.15) is 27.2 Å². The third kappa shape index (κ3) is 5.64. The molecule has 0 fully saturated rings. The summed E-state index contributed by atoms with van der Waals surface area (Å²) in [5.41, 5.74) is 0. The average molecular weight is 276 g/mol. The van der Waals surface area contributed by atoms with Crippen molar-refractivity contribution in [3.63, 3.8) is 0 Å². The van der Waals surface area contributed by atoms with Gasteiger partial charge >= 0.3 is 11.9 Å². The van der Waals surface area contributed by atoms with Gasteiger partial charge < -0.3 is 14.9 Å². The van der Waals surface area contributed by atoms with E-state index in [0.717, 1.165) is 24.2 Å². The maximum Gasteiger partial charge on any atom is 0.335 e. The first-order chi connectivity index (χ1) is 8.40. The number of carboxylic acid groups (broad SMARTS) is 1. The van der Waals surface area contributed by atoms with E-state index >= 15 is 0 Å². The summed E-state index contributed by atoms with van der Waals surface area (Å²) >= 11 is 0. The summed E-state index contributed by atoms with van der Waals surface area (Å²) in [4.78, 5) is 21.6. The molecular formula is C12H24O5Si. The predicted octanol–water partition coefficient (Wildman–Crippen LogP) is 1.87. The molecule has 0 amide bonds. The third-order valence-corrected chi connectivity index (χ3v) is 9.53. The summed E-state index contributed by atoms with van der Waals surface area (Å²) in [5, 5.41) is 17.7. The zero-order valence-corrected chi connectivity index (χ0v) is 12.4. The molecule has 2 N–H and O–H groups in total. The number of carbonyl (C=O) groups excluding carboxylic acids is 1. The number of esters is 1. The van der Waals surface area contributed by atoms with Crippen LogP contribution in [0, 0.1) is 0 Å². The maximum absolute atomic E-state index is 11.3. The van der Waals surface area contributed by atoms with Crippen LogP contribution in [0.4, 0.5) is 0 Å².